The monoisotopic (exact) mass is 270 g/mol. The Hall–Kier alpha value is -1.13. The highest BCUT2D eigenvalue weighted by Crippen LogP contribution is 2.20. The van der Waals surface area contributed by atoms with Crippen LogP contribution in [0.5, 0.6) is 0 Å². The van der Waals surface area contributed by atoms with Crippen molar-refractivity contribution in [2.75, 3.05) is 0 Å². The van der Waals surface area contributed by atoms with Crippen molar-refractivity contribution in [3.63, 3.8) is 0 Å². The van der Waals surface area contributed by atoms with Gasteiger partial charge in [-0.15, -0.1) is 0 Å². The zero-order chi connectivity index (χ0) is 13.1. The highest BCUT2D eigenvalue weighted by molar-refractivity contribution is 6.31. The number of carbonyl (C=O) groups is 1. The lowest BCUT2D eigenvalue weighted by Gasteiger charge is -2.29. The van der Waals surface area contributed by atoms with Crippen LogP contribution in [0.4, 0.5) is 4.39 Å². The number of halogens is 2. The van der Waals surface area contributed by atoms with Crippen LogP contribution in [0.2, 0.25) is 5.02 Å². The van der Waals surface area contributed by atoms with Crippen LogP contribution in [0, 0.1) is 5.82 Å². The van der Waals surface area contributed by atoms with Gasteiger partial charge in [-0.2, -0.15) is 0 Å². The van der Waals surface area contributed by atoms with Gasteiger partial charge in [0.1, 0.15) is 0 Å². The van der Waals surface area contributed by atoms with E-state index < -0.39 is 11.7 Å². The average Bonchev–Trinajstić information content (AvgIpc) is 2.35. The van der Waals surface area contributed by atoms with Gasteiger partial charge < -0.3 is 11.1 Å². The lowest BCUT2D eigenvalue weighted by molar-refractivity contribution is 0.0917. The molecule has 0 aromatic heterocycles. The van der Waals surface area contributed by atoms with Crippen LogP contribution in [0.25, 0.3) is 0 Å². The molecular weight excluding hydrogens is 255 g/mol. The van der Waals surface area contributed by atoms with Crippen molar-refractivity contribution < 1.29 is 9.18 Å². The Balaban J connectivity index is 2.09. The van der Waals surface area contributed by atoms with Gasteiger partial charge in [0.15, 0.2) is 5.82 Å². The fourth-order valence-corrected chi connectivity index (χ4v) is 2.44. The summed E-state index contributed by atoms with van der Waals surface area (Å²) in [6.07, 6.45) is 3.85. The molecule has 0 heterocycles. The number of benzene rings is 1. The first kappa shape index (κ1) is 13.3. The molecule has 0 aliphatic heterocycles. The number of nitrogens with one attached hydrogen (secondary N) is 1. The summed E-state index contributed by atoms with van der Waals surface area (Å²) < 4.78 is 13.7. The minimum atomic E-state index is -0.680. The fraction of sp³-hybridized carbons (Fsp3) is 0.462. The van der Waals surface area contributed by atoms with E-state index in [4.69, 9.17) is 17.3 Å². The highest BCUT2D eigenvalue weighted by Gasteiger charge is 2.25. The molecule has 3 N–H and O–H groups in total. The van der Waals surface area contributed by atoms with Crippen molar-refractivity contribution in [1.82, 2.24) is 5.32 Å². The van der Waals surface area contributed by atoms with E-state index in [1.165, 1.54) is 12.1 Å². The smallest absolute Gasteiger partial charge is 0.254 e. The number of hydrogen-bond donors (Lipinski definition) is 2. The van der Waals surface area contributed by atoms with Crippen LogP contribution in [-0.2, 0) is 0 Å². The topological polar surface area (TPSA) is 55.1 Å². The Morgan fingerprint density at radius 3 is 2.83 bits per heavy atom. The van der Waals surface area contributed by atoms with Gasteiger partial charge in [-0.1, -0.05) is 30.5 Å². The van der Waals surface area contributed by atoms with E-state index in [1.54, 1.807) is 6.07 Å². The number of carbonyl (C=O) groups excluding carboxylic acids is 1. The van der Waals surface area contributed by atoms with E-state index >= 15 is 0 Å². The molecule has 1 fully saturated rings. The molecule has 1 aromatic carbocycles. The van der Waals surface area contributed by atoms with Crippen LogP contribution in [0.3, 0.4) is 0 Å². The molecule has 2 rings (SSSR count). The molecule has 1 aliphatic rings. The summed E-state index contributed by atoms with van der Waals surface area (Å²) in [5.41, 5.74) is 5.91. The van der Waals surface area contributed by atoms with Crippen LogP contribution < -0.4 is 11.1 Å². The molecule has 2 atom stereocenters. The van der Waals surface area contributed by atoms with Gasteiger partial charge in [-0.3, -0.25) is 4.79 Å². The average molecular weight is 271 g/mol. The van der Waals surface area contributed by atoms with Crippen LogP contribution in [0.15, 0.2) is 18.2 Å². The standard InChI is InChI=1S/C13H16ClFN2O/c14-9-5-3-4-8(12(9)15)13(18)17-11-7-2-1-6-10(11)16/h3-5,10-11H,1-2,6-7,16H2,(H,17,18)/t10-,11-/m1/s1. The largest absolute Gasteiger partial charge is 0.348 e. The van der Waals surface area contributed by atoms with Crippen LogP contribution in [0.1, 0.15) is 36.0 Å². The molecule has 0 radical (unpaired) electrons. The number of hydrogen-bond acceptors (Lipinski definition) is 2. The fourth-order valence-electron chi connectivity index (χ4n) is 2.26. The molecule has 0 saturated heterocycles. The maximum atomic E-state index is 13.7. The second kappa shape index (κ2) is 5.67. The zero-order valence-electron chi connectivity index (χ0n) is 9.96. The molecule has 0 spiro atoms. The first-order valence-corrected chi connectivity index (χ1v) is 6.48. The Labute approximate surface area is 111 Å². The van der Waals surface area contributed by atoms with E-state index in [-0.39, 0.29) is 22.7 Å². The minimum Gasteiger partial charge on any atom is -0.348 e. The summed E-state index contributed by atoms with van der Waals surface area (Å²) in [4.78, 5) is 12.0. The predicted molar refractivity (Wildman–Crippen MR) is 69.1 cm³/mol. The van der Waals surface area contributed by atoms with Crippen molar-refractivity contribution in [2.45, 2.75) is 37.8 Å². The number of nitrogens with two attached hydrogens (primary N) is 1. The van der Waals surface area contributed by atoms with E-state index in [0.29, 0.717) is 0 Å². The quantitative estimate of drug-likeness (QED) is 0.867. The van der Waals surface area contributed by atoms with E-state index in [9.17, 15) is 9.18 Å². The first-order valence-electron chi connectivity index (χ1n) is 6.10. The molecule has 1 aromatic rings. The molecule has 5 heteroatoms. The number of amides is 1. The zero-order valence-corrected chi connectivity index (χ0v) is 10.7. The van der Waals surface area contributed by atoms with Crippen molar-refractivity contribution in [3.05, 3.63) is 34.6 Å². The Morgan fingerprint density at radius 1 is 1.39 bits per heavy atom. The van der Waals surface area contributed by atoms with Crippen molar-refractivity contribution in [1.29, 1.82) is 0 Å². The lowest BCUT2D eigenvalue weighted by Crippen LogP contribution is -2.49. The molecule has 3 nitrogen and oxygen atoms in total. The summed E-state index contributed by atoms with van der Waals surface area (Å²) in [5.74, 6) is -1.13. The van der Waals surface area contributed by atoms with Gasteiger partial charge >= 0.3 is 0 Å². The first-order chi connectivity index (χ1) is 8.59. The lowest BCUT2D eigenvalue weighted by atomic mass is 9.91. The van der Waals surface area contributed by atoms with Crippen molar-refractivity contribution in [3.8, 4) is 0 Å². The van der Waals surface area contributed by atoms with E-state index in [0.717, 1.165) is 25.7 Å². The summed E-state index contributed by atoms with van der Waals surface area (Å²) in [6, 6.07) is 4.26. The van der Waals surface area contributed by atoms with Crippen LogP contribution in [-0.4, -0.2) is 18.0 Å². The van der Waals surface area contributed by atoms with E-state index in [2.05, 4.69) is 5.32 Å². The van der Waals surface area contributed by atoms with Gasteiger partial charge in [0.2, 0.25) is 0 Å². The summed E-state index contributed by atoms with van der Waals surface area (Å²) in [5, 5.41) is 2.74. The van der Waals surface area contributed by atoms with Crippen molar-refractivity contribution in [2.24, 2.45) is 5.73 Å². The minimum absolute atomic E-state index is 0.0275. The van der Waals surface area contributed by atoms with Gasteiger partial charge in [-0.25, -0.2) is 4.39 Å². The summed E-state index contributed by atoms with van der Waals surface area (Å²) in [6.45, 7) is 0. The Bertz CT molecular complexity index is 453. The second-order valence-corrected chi connectivity index (χ2v) is 5.04. The molecular formula is C13H16ClFN2O. The molecule has 1 saturated carbocycles. The molecule has 1 amide bonds. The SMILES string of the molecule is N[C@@H]1CCCC[C@H]1NC(=O)c1cccc(Cl)c1F. The maximum absolute atomic E-state index is 13.7. The van der Waals surface area contributed by atoms with Gasteiger partial charge in [0.05, 0.1) is 10.6 Å². The molecule has 1 aliphatic carbocycles. The molecule has 98 valence electrons. The third-order valence-electron chi connectivity index (χ3n) is 3.33. The molecule has 18 heavy (non-hydrogen) atoms. The Morgan fingerprint density at radius 2 is 2.11 bits per heavy atom. The maximum Gasteiger partial charge on any atom is 0.254 e. The van der Waals surface area contributed by atoms with Gasteiger partial charge in [0, 0.05) is 12.1 Å². The summed E-state index contributed by atoms with van der Waals surface area (Å²) >= 11 is 5.65. The van der Waals surface area contributed by atoms with Gasteiger partial charge in [-0.05, 0) is 25.0 Å². The highest BCUT2D eigenvalue weighted by atomic mass is 35.5. The summed E-state index contributed by atoms with van der Waals surface area (Å²) in [7, 11) is 0. The normalized spacial score (nSPS) is 23.7. The molecule has 0 bridgehead atoms. The van der Waals surface area contributed by atoms with Gasteiger partial charge in [0.25, 0.3) is 5.91 Å². The van der Waals surface area contributed by atoms with Crippen LogP contribution >= 0.6 is 11.6 Å². The predicted octanol–water partition coefficient (Wildman–Crippen LogP) is 2.48. The third kappa shape index (κ3) is 2.82. The van der Waals surface area contributed by atoms with Crippen molar-refractivity contribution >= 4 is 17.5 Å². The Kier molecular flexibility index (Phi) is 4.19. The second-order valence-electron chi connectivity index (χ2n) is 4.63. The third-order valence-corrected chi connectivity index (χ3v) is 3.62. The number of rotatable bonds is 2. The molecule has 0 unspecified atom stereocenters. The van der Waals surface area contributed by atoms with E-state index in [1.807, 2.05) is 0 Å².